The van der Waals surface area contributed by atoms with E-state index in [4.69, 9.17) is 0 Å². The summed E-state index contributed by atoms with van der Waals surface area (Å²) >= 11 is 0. The molecule has 0 aliphatic rings. The molecule has 0 aromatic carbocycles. The van der Waals surface area contributed by atoms with Gasteiger partial charge in [0.15, 0.2) is 0 Å². The van der Waals surface area contributed by atoms with Crippen molar-refractivity contribution in [3.63, 3.8) is 0 Å². The highest BCUT2D eigenvalue weighted by atomic mass is 28.3. The zero-order chi connectivity index (χ0) is 13.2. The Hall–Kier alpha value is 0.434. The molecule has 0 radical (unpaired) electrons. The monoisotopic (exact) mass is 260 g/mol. The standard InChI is InChI=1S/2C7H18Si/c2*1-5-6-7-8(2,3)4/h2*5-7H2,1-4H3. The lowest BCUT2D eigenvalue weighted by Crippen LogP contribution is -2.18. The second-order valence-corrected chi connectivity index (χ2v) is 18.6. The molecule has 0 aromatic heterocycles. The Balaban J connectivity index is 0. The topological polar surface area (TPSA) is 0 Å². The predicted octanol–water partition coefficient (Wildman–Crippen LogP) is 6.25. The summed E-state index contributed by atoms with van der Waals surface area (Å²) in [6.45, 7) is 19.1. The van der Waals surface area contributed by atoms with Gasteiger partial charge in [-0.1, -0.05) is 90.9 Å². The van der Waals surface area contributed by atoms with Crippen molar-refractivity contribution in [2.45, 2.75) is 90.9 Å². The summed E-state index contributed by atoms with van der Waals surface area (Å²) in [5.74, 6) is 0. The van der Waals surface area contributed by atoms with Crippen LogP contribution in [0.25, 0.3) is 0 Å². The van der Waals surface area contributed by atoms with Crippen LogP contribution in [0.1, 0.15) is 39.5 Å². The molecular formula is C14H36Si2. The van der Waals surface area contributed by atoms with Gasteiger partial charge in [-0.2, -0.15) is 0 Å². The summed E-state index contributed by atoms with van der Waals surface area (Å²) in [5, 5.41) is 0. The Morgan fingerprint density at radius 3 is 0.875 bits per heavy atom. The van der Waals surface area contributed by atoms with E-state index in [2.05, 4.69) is 53.1 Å². The van der Waals surface area contributed by atoms with E-state index in [1.54, 1.807) is 0 Å². The molecule has 0 unspecified atom stereocenters. The second-order valence-electron chi connectivity index (χ2n) is 7.33. The molecule has 0 fully saturated rings. The van der Waals surface area contributed by atoms with Gasteiger partial charge >= 0.3 is 0 Å². The van der Waals surface area contributed by atoms with Crippen molar-refractivity contribution >= 4 is 16.1 Å². The molecule has 100 valence electrons. The lowest BCUT2D eigenvalue weighted by molar-refractivity contribution is 0.868. The number of hydrogen-bond donors (Lipinski definition) is 0. The van der Waals surface area contributed by atoms with Gasteiger partial charge in [0, 0.05) is 16.1 Å². The maximum absolute atomic E-state index is 2.43. The normalized spacial score (nSPS) is 12.0. The van der Waals surface area contributed by atoms with Gasteiger partial charge in [0.1, 0.15) is 0 Å². The molecule has 0 N–H and O–H groups in total. The van der Waals surface area contributed by atoms with E-state index in [1.165, 1.54) is 37.8 Å². The maximum Gasteiger partial charge on any atom is 0.0442 e. The fourth-order valence-corrected chi connectivity index (χ4v) is 4.24. The van der Waals surface area contributed by atoms with E-state index >= 15 is 0 Å². The van der Waals surface area contributed by atoms with Crippen LogP contribution in [0, 0.1) is 0 Å². The molecule has 0 saturated heterocycles. The average molecular weight is 261 g/mol. The van der Waals surface area contributed by atoms with Crippen LogP contribution in [-0.2, 0) is 0 Å². The summed E-state index contributed by atoms with van der Waals surface area (Å²) in [7, 11) is -1.36. The highest BCUT2D eigenvalue weighted by molar-refractivity contribution is 6.76. The minimum Gasteiger partial charge on any atom is -0.0695 e. The van der Waals surface area contributed by atoms with E-state index in [-0.39, 0.29) is 0 Å². The van der Waals surface area contributed by atoms with Gasteiger partial charge < -0.3 is 0 Å². The average Bonchev–Trinajstić information content (AvgIpc) is 2.10. The van der Waals surface area contributed by atoms with Crippen molar-refractivity contribution in [2.75, 3.05) is 0 Å². The summed E-state index contributed by atoms with van der Waals surface area (Å²) < 4.78 is 0. The first kappa shape index (κ1) is 18.8. The second kappa shape index (κ2) is 9.46. The third-order valence-corrected chi connectivity index (χ3v) is 6.27. The molecule has 0 aliphatic heterocycles. The highest BCUT2D eigenvalue weighted by Gasteiger charge is 2.10. The first-order valence-corrected chi connectivity index (χ1v) is 14.5. The minimum absolute atomic E-state index is 0.678. The first-order valence-electron chi connectivity index (χ1n) is 7.12. The fourth-order valence-electron chi connectivity index (χ4n) is 1.41. The lowest BCUT2D eigenvalue weighted by Gasteiger charge is -2.13. The van der Waals surface area contributed by atoms with Crippen molar-refractivity contribution < 1.29 is 0 Å². The van der Waals surface area contributed by atoms with Crippen LogP contribution >= 0.6 is 0 Å². The Morgan fingerprint density at radius 2 is 0.812 bits per heavy atom. The van der Waals surface area contributed by atoms with Gasteiger partial charge in [-0.25, -0.2) is 0 Å². The third kappa shape index (κ3) is 23.9. The summed E-state index contributed by atoms with van der Waals surface area (Å²) in [6, 6.07) is 3.01. The smallest absolute Gasteiger partial charge is 0.0442 e. The van der Waals surface area contributed by atoms with E-state index < -0.39 is 16.1 Å². The van der Waals surface area contributed by atoms with Crippen molar-refractivity contribution in [3.8, 4) is 0 Å². The fraction of sp³-hybridized carbons (Fsp3) is 1.00. The number of unbranched alkanes of at least 4 members (excludes halogenated alkanes) is 2. The zero-order valence-electron chi connectivity index (χ0n) is 13.2. The lowest BCUT2D eigenvalue weighted by atomic mass is 10.4. The zero-order valence-corrected chi connectivity index (χ0v) is 15.2. The molecule has 0 spiro atoms. The van der Waals surface area contributed by atoms with Crippen LogP contribution in [-0.4, -0.2) is 16.1 Å². The van der Waals surface area contributed by atoms with Crippen LogP contribution in [0.4, 0.5) is 0 Å². The van der Waals surface area contributed by atoms with Gasteiger partial charge in [0.05, 0.1) is 0 Å². The van der Waals surface area contributed by atoms with Crippen molar-refractivity contribution in [3.05, 3.63) is 0 Å². The Bertz CT molecular complexity index is 122. The predicted molar refractivity (Wildman–Crippen MR) is 86.1 cm³/mol. The summed E-state index contributed by atoms with van der Waals surface area (Å²) in [4.78, 5) is 0. The number of hydrogen-bond acceptors (Lipinski definition) is 0. The van der Waals surface area contributed by atoms with Crippen LogP contribution in [0.15, 0.2) is 0 Å². The molecule has 0 atom stereocenters. The van der Waals surface area contributed by atoms with E-state index in [0.29, 0.717) is 0 Å². The molecule has 16 heavy (non-hydrogen) atoms. The van der Waals surface area contributed by atoms with E-state index in [1.807, 2.05) is 0 Å². The van der Waals surface area contributed by atoms with Crippen LogP contribution in [0.5, 0.6) is 0 Å². The molecule has 2 heteroatoms. The summed E-state index contributed by atoms with van der Waals surface area (Å²) in [6.07, 6.45) is 5.61. The molecule has 0 heterocycles. The molecule has 0 rings (SSSR count). The minimum atomic E-state index is -0.678. The first-order chi connectivity index (χ1) is 7.12. The maximum atomic E-state index is 2.43. The largest absolute Gasteiger partial charge is 0.0695 e. The Labute approximate surface area is 107 Å². The van der Waals surface area contributed by atoms with Crippen LogP contribution in [0.2, 0.25) is 51.4 Å². The highest BCUT2D eigenvalue weighted by Crippen LogP contribution is 2.12. The van der Waals surface area contributed by atoms with Crippen molar-refractivity contribution in [1.82, 2.24) is 0 Å². The van der Waals surface area contributed by atoms with Crippen molar-refractivity contribution in [2.24, 2.45) is 0 Å². The molecule has 0 aliphatic carbocycles. The molecular weight excluding hydrogens is 224 g/mol. The third-order valence-electron chi connectivity index (χ3n) is 2.56. The van der Waals surface area contributed by atoms with Crippen LogP contribution < -0.4 is 0 Å². The SMILES string of the molecule is CCCC[Si](C)(C)C.CCCC[Si](C)(C)C. The van der Waals surface area contributed by atoms with E-state index in [9.17, 15) is 0 Å². The molecule has 0 saturated carbocycles. The van der Waals surface area contributed by atoms with Gasteiger partial charge in [-0.3, -0.25) is 0 Å². The number of rotatable bonds is 6. The molecule has 0 bridgehead atoms. The molecule has 0 amide bonds. The van der Waals surface area contributed by atoms with Crippen LogP contribution in [0.3, 0.4) is 0 Å². The molecule has 0 nitrogen and oxygen atoms in total. The van der Waals surface area contributed by atoms with E-state index in [0.717, 1.165) is 0 Å². The van der Waals surface area contributed by atoms with Gasteiger partial charge in [0.2, 0.25) is 0 Å². The Morgan fingerprint density at radius 1 is 0.562 bits per heavy atom. The van der Waals surface area contributed by atoms with Crippen molar-refractivity contribution in [1.29, 1.82) is 0 Å². The Kier molecular flexibility index (Phi) is 11.1. The quantitative estimate of drug-likeness (QED) is 0.495. The van der Waals surface area contributed by atoms with Gasteiger partial charge in [-0.05, 0) is 0 Å². The summed E-state index contributed by atoms with van der Waals surface area (Å²) in [5.41, 5.74) is 0. The molecule has 0 aromatic rings. The van der Waals surface area contributed by atoms with Gasteiger partial charge in [-0.15, -0.1) is 0 Å². The van der Waals surface area contributed by atoms with Gasteiger partial charge in [0.25, 0.3) is 0 Å².